The molecule has 2 aliphatic rings. The molecular formula is C24H33N3O3. The van der Waals surface area contributed by atoms with E-state index >= 15 is 0 Å². The Labute approximate surface area is 179 Å². The highest BCUT2D eigenvalue weighted by atomic mass is 16.5. The standard InChI is InChI=1S/C24H33N3O3/c1-29-21-12-6-8-18(14-21)16-27-13-7-9-19(17-27)22-15-23(30-26-22)24(28)25-20-10-4-2-3-5-11-20/h6,8,12,14-15,19-20H,2-5,7,9-11,13,16-17H2,1H3,(H,25,28)/t19-/m1/s1. The third kappa shape index (κ3) is 5.42. The van der Waals surface area contributed by atoms with Gasteiger partial charge in [0.15, 0.2) is 0 Å². The normalized spacial score (nSPS) is 21.2. The molecule has 162 valence electrons. The number of methoxy groups -OCH3 is 1. The lowest BCUT2D eigenvalue weighted by Crippen LogP contribution is -2.34. The van der Waals surface area contributed by atoms with Gasteiger partial charge in [0.05, 0.1) is 12.8 Å². The summed E-state index contributed by atoms with van der Waals surface area (Å²) in [6.45, 7) is 2.88. The van der Waals surface area contributed by atoms with Crippen molar-refractivity contribution in [1.29, 1.82) is 0 Å². The Morgan fingerprint density at radius 3 is 2.80 bits per heavy atom. The summed E-state index contributed by atoms with van der Waals surface area (Å²) in [7, 11) is 1.70. The van der Waals surface area contributed by atoms with Crippen molar-refractivity contribution in [1.82, 2.24) is 15.4 Å². The molecule has 6 nitrogen and oxygen atoms in total. The highest BCUT2D eigenvalue weighted by molar-refractivity contribution is 5.91. The molecule has 0 spiro atoms. The van der Waals surface area contributed by atoms with Crippen LogP contribution in [-0.4, -0.2) is 42.2 Å². The minimum Gasteiger partial charge on any atom is -0.497 e. The maximum atomic E-state index is 12.6. The van der Waals surface area contributed by atoms with Gasteiger partial charge in [0.25, 0.3) is 5.91 Å². The second-order valence-electron chi connectivity index (χ2n) is 8.70. The summed E-state index contributed by atoms with van der Waals surface area (Å²) in [6, 6.07) is 10.4. The maximum Gasteiger partial charge on any atom is 0.290 e. The van der Waals surface area contributed by atoms with Crippen molar-refractivity contribution in [2.45, 2.75) is 69.9 Å². The first-order chi connectivity index (χ1) is 14.7. The van der Waals surface area contributed by atoms with Gasteiger partial charge in [0.1, 0.15) is 5.75 Å². The average Bonchev–Trinajstić information content (AvgIpc) is 3.13. The number of aromatic nitrogens is 1. The lowest BCUT2D eigenvalue weighted by molar-refractivity contribution is 0.0895. The van der Waals surface area contributed by atoms with Crippen LogP contribution in [0.25, 0.3) is 0 Å². The molecule has 0 radical (unpaired) electrons. The second-order valence-corrected chi connectivity index (χ2v) is 8.70. The summed E-state index contributed by atoms with van der Waals surface area (Å²) in [5.74, 6) is 1.42. The average molecular weight is 412 g/mol. The summed E-state index contributed by atoms with van der Waals surface area (Å²) < 4.78 is 10.8. The van der Waals surface area contributed by atoms with Crippen LogP contribution >= 0.6 is 0 Å². The molecule has 1 amide bonds. The maximum absolute atomic E-state index is 12.6. The Bertz CT molecular complexity index is 827. The first kappa shape index (κ1) is 20.9. The molecule has 1 aromatic heterocycles. The fraction of sp³-hybridized carbons (Fsp3) is 0.583. The van der Waals surface area contributed by atoms with E-state index in [4.69, 9.17) is 9.26 Å². The Morgan fingerprint density at radius 2 is 2.00 bits per heavy atom. The number of benzene rings is 1. The fourth-order valence-corrected chi connectivity index (χ4v) is 4.74. The molecule has 4 rings (SSSR count). The van der Waals surface area contributed by atoms with E-state index in [0.717, 1.165) is 56.8 Å². The Morgan fingerprint density at radius 1 is 1.17 bits per heavy atom. The van der Waals surface area contributed by atoms with Crippen LogP contribution in [0.15, 0.2) is 34.9 Å². The zero-order valence-electron chi connectivity index (χ0n) is 17.9. The first-order valence-corrected chi connectivity index (χ1v) is 11.3. The number of likely N-dealkylation sites (tertiary alicyclic amines) is 1. The largest absolute Gasteiger partial charge is 0.497 e. The van der Waals surface area contributed by atoms with E-state index in [1.165, 1.54) is 31.2 Å². The molecular weight excluding hydrogens is 378 g/mol. The smallest absolute Gasteiger partial charge is 0.290 e. The van der Waals surface area contributed by atoms with E-state index in [-0.39, 0.29) is 11.9 Å². The summed E-state index contributed by atoms with van der Waals surface area (Å²) >= 11 is 0. The molecule has 1 atom stereocenters. The van der Waals surface area contributed by atoms with Gasteiger partial charge in [-0.1, -0.05) is 43.0 Å². The molecule has 1 saturated heterocycles. The van der Waals surface area contributed by atoms with Crippen LogP contribution in [-0.2, 0) is 6.54 Å². The van der Waals surface area contributed by atoms with Crippen molar-refractivity contribution >= 4 is 5.91 Å². The fourth-order valence-electron chi connectivity index (χ4n) is 4.74. The molecule has 1 aliphatic heterocycles. The number of hydrogen-bond donors (Lipinski definition) is 1. The number of amides is 1. The predicted molar refractivity (Wildman–Crippen MR) is 116 cm³/mol. The minimum absolute atomic E-state index is 0.121. The van der Waals surface area contributed by atoms with Gasteiger partial charge in [-0.25, -0.2) is 0 Å². The van der Waals surface area contributed by atoms with Crippen LogP contribution in [0.2, 0.25) is 0 Å². The highest BCUT2D eigenvalue weighted by Crippen LogP contribution is 2.28. The van der Waals surface area contributed by atoms with Gasteiger partial charge in [-0.15, -0.1) is 0 Å². The van der Waals surface area contributed by atoms with Gasteiger partial charge >= 0.3 is 0 Å². The summed E-state index contributed by atoms with van der Waals surface area (Å²) in [5.41, 5.74) is 2.15. The topological polar surface area (TPSA) is 67.6 Å². The van der Waals surface area contributed by atoms with E-state index in [9.17, 15) is 4.79 Å². The Kier molecular flexibility index (Phi) is 7.05. The van der Waals surface area contributed by atoms with Crippen LogP contribution in [0, 0.1) is 0 Å². The van der Waals surface area contributed by atoms with Crippen molar-refractivity contribution in [2.24, 2.45) is 0 Å². The molecule has 2 fully saturated rings. The predicted octanol–water partition coefficient (Wildman–Crippen LogP) is 4.52. The number of nitrogens with one attached hydrogen (secondary N) is 1. The third-order valence-corrected chi connectivity index (χ3v) is 6.41. The molecule has 1 aliphatic carbocycles. The van der Waals surface area contributed by atoms with E-state index < -0.39 is 0 Å². The summed E-state index contributed by atoms with van der Waals surface area (Å²) in [6.07, 6.45) is 9.24. The van der Waals surface area contributed by atoms with Crippen molar-refractivity contribution in [3.63, 3.8) is 0 Å². The summed E-state index contributed by atoms with van der Waals surface area (Å²) in [4.78, 5) is 15.1. The number of nitrogens with zero attached hydrogens (tertiary/aromatic N) is 2. The van der Waals surface area contributed by atoms with Gasteiger partial charge < -0.3 is 14.6 Å². The number of carbonyl (C=O) groups is 1. The van der Waals surface area contributed by atoms with Gasteiger partial charge in [-0.3, -0.25) is 9.69 Å². The van der Waals surface area contributed by atoms with Crippen molar-refractivity contribution in [3.05, 3.63) is 47.3 Å². The molecule has 1 aromatic carbocycles. The van der Waals surface area contributed by atoms with Crippen molar-refractivity contribution in [2.75, 3.05) is 20.2 Å². The number of hydrogen-bond acceptors (Lipinski definition) is 5. The minimum atomic E-state index is -0.121. The lowest BCUT2D eigenvalue weighted by Gasteiger charge is -2.31. The zero-order chi connectivity index (χ0) is 20.8. The molecule has 1 N–H and O–H groups in total. The molecule has 6 heteroatoms. The third-order valence-electron chi connectivity index (χ3n) is 6.41. The number of piperidine rings is 1. The van der Waals surface area contributed by atoms with Crippen LogP contribution in [0.5, 0.6) is 5.75 Å². The molecule has 2 heterocycles. The number of carbonyl (C=O) groups excluding carboxylic acids is 1. The number of ether oxygens (including phenoxy) is 1. The second kappa shape index (κ2) is 10.1. The van der Waals surface area contributed by atoms with Crippen LogP contribution < -0.4 is 10.1 Å². The van der Waals surface area contributed by atoms with Crippen LogP contribution in [0.4, 0.5) is 0 Å². The number of rotatable bonds is 6. The molecule has 1 saturated carbocycles. The van der Waals surface area contributed by atoms with Gasteiger partial charge in [0.2, 0.25) is 5.76 Å². The Balaban J connectivity index is 1.34. The van der Waals surface area contributed by atoms with Gasteiger partial charge in [-0.05, 0) is 49.9 Å². The van der Waals surface area contributed by atoms with Crippen LogP contribution in [0.3, 0.4) is 0 Å². The van der Waals surface area contributed by atoms with E-state index in [2.05, 4.69) is 27.5 Å². The quantitative estimate of drug-likeness (QED) is 0.708. The highest BCUT2D eigenvalue weighted by Gasteiger charge is 2.26. The lowest BCUT2D eigenvalue weighted by atomic mass is 9.94. The molecule has 0 bridgehead atoms. The van der Waals surface area contributed by atoms with Crippen LogP contribution in [0.1, 0.15) is 79.1 Å². The van der Waals surface area contributed by atoms with E-state index in [1.54, 1.807) is 7.11 Å². The summed E-state index contributed by atoms with van der Waals surface area (Å²) in [5, 5.41) is 7.41. The van der Waals surface area contributed by atoms with Gasteiger partial charge in [0, 0.05) is 31.1 Å². The van der Waals surface area contributed by atoms with Gasteiger partial charge in [-0.2, -0.15) is 0 Å². The molecule has 2 aromatic rings. The SMILES string of the molecule is COc1cccc(CN2CCC[C@@H](c3cc(C(=O)NC4CCCCCC4)on3)C2)c1. The van der Waals surface area contributed by atoms with E-state index in [0.29, 0.717) is 11.7 Å². The zero-order valence-corrected chi connectivity index (χ0v) is 17.9. The molecule has 0 unspecified atom stereocenters. The molecule has 30 heavy (non-hydrogen) atoms. The monoisotopic (exact) mass is 411 g/mol. The van der Waals surface area contributed by atoms with Crippen molar-refractivity contribution in [3.8, 4) is 5.75 Å². The van der Waals surface area contributed by atoms with Crippen molar-refractivity contribution < 1.29 is 14.1 Å². The van der Waals surface area contributed by atoms with E-state index in [1.807, 2.05) is 18.2 Å². The first-order valence-electron chi connectivity index (χ1n) is 11.3. The Hall–Kier alpha value is -2.34.